The molecule has 0 aromatic heterocycles. The van der Waals surface area contributed by atoms with Crippen molar-refractivity contribution >= 4 is 5.97 Å². The zero-order valence-electron chi connectivity index (χ0n) is 12.7. The number of rotatable bonds is 8. The maximum absolute atomic E-state index is 11.9. The third-order valence-corrected chi connectivity index (χ3v) is 3.38. The number of methoxy groups -OCH3 is 1. The Balaban J connectivity index is 2.79. The van der Waals surface area contributed by atoms with Crippen LogP contribution in [-0.4, -0.2) is 13.1 Å². The SMILES string of the molecule is C#CCCCCc1ccc(CCCC#C)c(C(=O)OC)c1. The summed E-state index contributed by atoms with van der Waals surface area (Å²) >= 11 is 0. The van der Waals surface area contributed by atoms with E-state index in [1.807, 2.05) is 12.1 Å². The monoisotopic (exact) mass is 282 g/mol. The number of ether oxygens (including phenoxy) is 1. The quantitative estimate of drug-likeness (QED) is 0.412. The topological polar surface area (TPSA) is 26.3 Å². The molecule has 1 aromatic carbocycles. The Morgan fingerprint density at radius 2 is 1.81 bits per heavy atom. The summed E-state index contributed by atoms with van der Waals surface area (Å²) in [5.41, 5.74) is 2.81. The van der Waals surface area contributed by atoms with Gasteiger partial charge in [0.2, 0.25) is 0 Å². The molecule has 0 bridgehead atoms. The van der Waals surface area contributed by atoms with Crippen molar-refractivity contribution in [3.63, 3.8) is 0 Å². The molecule has 1 rings (SSSR count). The van der Waals surface area contributed by atoms with Crippen LogP contribution in [0.2, 0.25) is 0 Å². The van der Waals surface area contributed by atoms with Crippen LogP contribution in [0.5, 0.6) is 0 Å². The Bertz CT molecular complexity index is 544. The van der Waals surface area contributed by atoms with Crippen molar-refractivity contribution in [1.82, 2.24) is 0 Å². The van der Waals surface area contributed by atoms with Crippen LogP contribution in [0.15, 0.2) is 18.2 Å². The average Bonchev–Trinajstić information content (AvgIpc) is 2.52. The molecule has 110 valence electrons. The summed E-state index contributed by atoms with van der Waals surface area (Å²) in [6, 6.07) is 6.03. The first-order valence-electron chi connectivity index (χ1n) is 7.30. The molecular weight excluding hydrogens is 260 g/mol. The van der Waals surface area contributed by atoms with Crippen LogP contribution in [0.1, 0.15) is 53.6 Å². The minimum Gasteiger partial charge on any atom is -0.465 e. The van der Waals surface area contributed by atoms with Crippen LogP contribution in [0, 0.1) is 24.7 Å². The highest BCUT2D eigenvalue weighted by Crippen LogP contribution is 2.18. The minimum absolute atomic E-state index is 0.281. The van der Waals surface area contributed by atoms with Crippen molar-refractivity contribution in [2.75, 3.05) is 7.11 Å². The summed E-state index contributed by atoms with van der Waals surface area (Å²) in [5, 5.41) is 0. The summed E-state index contributed by atoms with van der Waals surface area (Å²) in [4.78, 5) is 11.9. The van der Waals surface area contributed by atoms with Gasteiger partial charge in [-0.05, 0) is 49.3 Å². The molecule has 0 N–H and O–H groups in total. The third-order valence-electron chi connectivity index (χ3n) is 3.38. The molecule has 0 aliphatic carbocycles. The zero-order chi connectivity index (χ0) is 15.5. The van der Waals surface area contributed by atoms with Crippen molar-refractivity contribution in [3.05, 3.63) is 34.9 Å². The molecule has 0 heterocycles. The van der Waals surface area contributed by atoms with Gasteiger partial charge in [0.15, 0.2) is 0 Å². The van der Waals surface area contributed by atoms with Crippen molar-refractivity contribution < 1.29 is 9.53 Å². The normalized spacial score (nSPS) is 9.67. The number of aryl methyl sites for hydroxylation is 2. The third kappa shape index (κ3) is 5.76. The van der Waals surface area contributed by atoms with E-state index >= 15 is 0 Å². The lowest BCUT2D eigenvalue weighted by Crippen LogP contribution is -2.07. The van der Waals surface area contributed by atoms with Crippen LogP contribution in [0.4, 0.5) is 0 Å². The molecule has 0 amide bonds. The number of hydrogen-bond acceptors (Lipinski definition) is 2. The van der Waals surface area contributed by atoms with Crippen LogP contribution in [0.3, 0.4) is 0 Å². The lowest BCUT2D eigenvalue weighted by atomic mass is 9.97. The van der Waals surface area contributed by atoms with Crippen molar-refractivity contribution in [2.45, 2.75) is 44.9 Å². The van der Waals surface area contributed by atoms with E-state index in [0.717, 1.165) is 49.7 Å². The van der Waals surface area contributed by atoms with Gasteiger partial charge in [-0.3, -0.25) is 0 Å². The first-order valence-corrected chi connectivity index (χ1v) is 7.30. The van der Waals surface area contributed by atoms with Crippen molar-refractivity contribution in [3.8, 4) is 24.7 Å². The van der Waals surface area contributed by atoms with E-state index < -0.39 is 0 Å². The fourth-order valence-corrected chi connectivity index (χ4v) is 2.23. The molecule has 0 unspecified atom stereocenters. The largest absolute Gasteiger partial charge is 0.465 e. The van der Waals surface area contributed by atoms with Gasteiger partial charge in [-0.2, -0.15) is 0 Å². The Kier molecular flexibility index (Phi) is 7.77. The van der Waals surface area contributed by atoms with Crippen LogP contribution >= 0.6 is 0 Å². The van der Waals surface area contributed by atoms with E-state index in [1.165, 1.54) is 7.11 Å². The van der Waals surface area contributed by atoms with E-state index in [0.29, 0.717) is 12.0 Å². The Labute approximate surface area is 127 Å². The zero-order valence-corrected chi connectivity index (χ0v) is 12.7. The number of carbonyl (C=O) groups is 1. The van der Waals surface area contributed by atoms with Crippen molar-refractivity contribution in [2.24, 2.45) is 0 Å². The van der Waals surface area contributed by atoms with Gasteiger partial charge < -0.3 is 4.74 Å². The van der Waals surface area contributed by atoms with Gasteiger partial charge in [0.05, 0.1) is 12.7 Å². The molecule has 0 spiro atoms. The number of carbonyl (C=O) groups excluding carboxylic acids is 1. The van der Waals surface area contributed by atoms with Crippen molar-refractivity contribution in [1.29, 1.82) is 0 Å². The van der Waals surface area contributed by atoms with Crippen LogP contribution in [-0.2, 0) is 17.6 Å². The second kappa shape index (κ2) is 9.67. The van der Waals surface area contributed by atoms with Gasteiger partial charge in [-0.15, -0.1) is 24.7 Å². The predicted octanol–water partition coefficient (Wildman–Crippen LogP) is 3.78. The summed E-state index contributed by atoms with van der Waals surface area (Å²) < 4.78 is 4.88. The molecule has 21 heavy (non-hydrogen) atoms. The highest BCUT2D eigenvalue weighted by atomic mass is 16.5. The fraction of sp³-hybridized carbons (Fsp3) is 0.421. The van der Waals surface area contributed by atoms with Gasteiger partial charge in [-0.1, -0.05) is 12.1 Å². The molecule has 0 radical (unpaired) electrons. The Morgan fingerprint density at radius 3 is 2.48 bits per heavy atom. The maximum Gasteiger partial charge on any atom is 0.338 e. The lowest BCUT2D eigenvalue weighted by Gasteiger charge is -2.10. The smallest absolute Gasteiger partial charge is 0.338 e. The molecule has 0 aliphatic rings. The molecular formula is C19H22O2. The van der Waals surface area contributed by atoms with Gasteiger partial charge in [0.1, 0.15) is 0 Å². The number of benzene rings is 1. The molecule has 1 aromatic rings. The van der Waals surface area contributed by atoms with E-state index in [9.17, 15) is 4.79 Å². The highest BCUT2D eigenvalue weighted by molar-refractivity contribution is 5.91. The Hall–Kier alpha value is -2.19. The van der Waals surface area contributed by atoms with E-state index in [1.54, 1.807) is 0 Å². The molecule has 0 atom stereocenters. The minimum atomic E-state index is -0.281. The van der Waals surface area contributed by atoms with E-state index in [4.69, 9.17) is 17.6 Å². The van der Waals surface area contributed by atoms with E-state index in [-0.39, 0.29) is 5.97 Å². The average molecular weight is 282 g/mol. The van der Waals surface area contributed by atoms with Gasteiger partial charge >= 0.3 is 5.97 Å². The number of unbranched alkanes of at least 4 members (excludes halogenated alkanes) is 3. The molecule has 0 saturated heterocycles. The summed E-state index contributed by atoms with van der Waals surface area (Å²) in [7, 11) is 1.41. The predicted molar refractivity (Wildman–Crippen MR) is 85.9 cm³/mol. The highest BCUT2D eigenvalue weighted by Gasteiger charge is 2.12. The van der Waals surface area contributed by atoms with Gasteiger partial charge in [0, 0.05) is 12.8 Å². The second-order valence-electron chi connectivity index (χ2n) is 4.95. The molecule has 0 fully saturated rings. The molecule has 2 nitrogen and oxygen atoms in total. The number of terminal acetylenes is 2. The second-order valence-corrected chi connectivity index (χ2v) is 4.95. The number of hydrogen-bond donors (Lipinski definition) is 0. The first kappa shape index (κ1) is 16.9. The fourth-order valence-electron chi connectivity index (χ4n) is 2.23. The first-order chi connectivity index (χ1) is 10.2. The summed E-state index contributed by atoms with van der Waals surface area (Å²) in [6.07, 6.45) is 16.7. The van der Waals surface area contributed by atoms with Gasteiger partial charge in [0.25, 0.3) is 0 Å². The molecule has 0 saturated carbocycles. The summed E-state index contributed by atoms with van der Waals surface area (Å²) in [6.45, 7) is 0. The lowest BCUT2D eigenvalue weighted by molar-refractivity contribution is 0.0599. The molecule has 2 heteroatoms. The summed E-state index contributed by atoms with van der Waals surface area (Å²) in [5.74, 6) is 4.98. The Morgan fingerprint density at radius 1 is 1.10 bits per heavy atom. The molecule has 0 aliphatic heterocycles. The van der Waals surface area contributed by atoms with Crippen LogP contribution < -0.4 is 0 Å². The van der Waals surface area contributed by atoms with Crippen LogP contribution in [0.25, 0.3) is 0 Å². The maximum atomic E-state index is 11.9. The number of esters is 1. The standard InChI is InChI=1S/C19H22O2/c1-4-6-8-10-11-16-13-14-17(12-9-7-5-2)18(15-16)19(20)21-3/h1-2,13-15H,6-12H2,3H3. The van der Waals surface area contributed by atoms with E-state index in [2.05, 4.69) is 17.9 Å². The van der Waals surface area contributed by atoms with Gasteiger partial charge in [-0.25, -0.2) is 4.79 Å².